The van der Waals surface area contributed by atoms with Crippen molar-refractivity contribution in [2.45, 2.75) is 51.6 Å². The molecule has 15 heavy (non-hydrogen) atoms. The lowest BCUT2D eigenvalue weighted by Crippen LogP contribution is -2.52. The molecular formula is C11H23N3O. The van der Waals surface area contributed by atoms with Gasteiger partial charge in [0.05, 0.1) is 0 Å². The minimum Gasteiger partial charge on any atom is -0.359 e. The predicted molar refractivity (Wildman–Crippen MR) is 61.3 cm³/mol. The van der Waals surface area contributed by atoms with E-state index in [0.717, 1.165) is 6.54 Å². The molecule has 2 unspecified atom stereocenters. The number of piperidine rings is 1. The first kappa shape index (κ1) is 12.5. The molecule has 0 aromatic carbocycles. The van der Waals surface area contributed by atoms with Crippen molar-refractivity contribution in [1.29, 1.82) is 0 Å². The molecule has 1 amide bonds. The maximum Gasteiger partial charge on any atom is 0.221 e. The molecule has 88 valence electrons. The average Bonchev–Trinajstić information content (AvgIpc) is 2.22. The van der Waals surface area contributed by atoms with Gasteiger partial charge < -0.3 is 5.32 Å². The Hall–Kier alpha value is -0.610. The Morgan fingerprint density at radius 3 is 2.47 bits per heavy atom. The molecule has 1 heterocycles. The number of hydrogen-bond donors (Lipinski definition) is 2. The first-order valence-corrected chi connectivity index (χ1v) is 5.87. The van der Waals surface area contributed by atoms with Gasteiger partial charge >= 0.3 is 0 Å². The third-order valence-corrected chi connectivity index (χ3v) is 3.12. The third kappa shape index (κ3) is 3.80. The van der Waals surface area contributed by atoms with Gasteiger partial charge in [0.25, 0.3) is 0 Å². The molecule has 0 aromatic rings. The fourth-order valence-corrected chi connectivity index (χ4v) is 2.16. The predicted octanol–water partition coefficient (Wildman–Crippen LogP) is 0.890. The molecule has 1 aliphatic heterocycles. The molecule has 0 aromatic heterocycles. The fourth-order valence-electron chi connectivity index (χ4n) is 2.16. The van der Waals surface area contributed by atoms with Crippen molar-refractivity contribution in [2.24, 2.45) is 0 Å². The van der Waals surface area contributed by atoms with E-state index < -0.39 is 0 Å². The zero-order valence-electron chi connectivity index (χ0n) is 10.0. The second-order valence-electron chi connectivity index (χ2n) is 4.37. The lowest BCUT2D eigenvalue weighted by molar-refractivity contribution is -0.120. The van der Waals surface area contributed by atoms with Crippen molar-refractivity contribution >= 4 is 5.91 Å². The summed E-state index contributed by atoms with van der Waals surface area (Å²) >= 11 is 0. The molecule has 0 radical (unpaired) electrons. The lowest BCUT2D eigenvalue weighted by atomic mass is 10.00. The summed E-state index contributed by atoms with van der Waals surface area (Å²) in [6.45, 7) is 5.21. The van der Waals surface area contributed by atoms with Crippen LogP contribution in [0.15, 0.2) is 0 Å². The molecule has 1 rings (SSSR count). The molecule has 2 atom stereocenters. The van der Waals surface area contributed by atoms with Crippen LogP contribution < -0.4 is 10.7 Å². The zero-order valence-corrected chi connectivity index (χ0v) is 10.0. The van der Waals surface area contributed by atoms with Crippen LogP contribution in [0.3, 0.4) is 0 Å². The molecule has 0 aliphatic carbocycles. The largest absolute Gasteiger partial charge is 0.359 e. The Bertz CT molecular complexity index is 198. The van der Waals surface area contributed by atoms with Crippen LogP contribution in [0.25, 0.3) is 0 Å². The summed E-state index contributed by atoms with van der Waals surface area (Å²) in [6, 6.07) is 1.16. The van der Waals surface area contributed by atoms with Crippen molar-refractivity contribution in [2.75, 3.05) is 13.6 Å². The Kier molecular flexibility index (Phi) is 5.05. The molecular weight excluding hydrogens is 190 g/mol. The SMILES string of the molecule is CNC(=O)CCNN1C(C)CCCC1C. The molecule has 0 spiro atoms. The molecule has 1 fully saturated rings. The van der Waals surface area contributed by atoms with Crippen LogP contribution in [0.2, 0.25) is 0 Å². The van der Waals surface area contributed by atoms with E-state index in [-0.39, 0.29) is 5.91 Å². The van der Waals surface area contributed by atoms with Crippen molar-refractivity contribution in [3.63, 3.8) is 0 Å². The van der Waals surface area contributed by atoms with Crippen LogP contribution in [-0.2, 0) is 4.79 Å². The van der Waals surface area contributed by atoms with E-state index >= 15 is 0 Å². The number of hydrogen-bond acceptors (Lipinski definition) is 3. The lowest BCUT2D eigenvalue weighted by Gasteiger charge is -2.39. The van der Waals surface area contributed by atoms with Crippen molar-refractivity contribution < 1.29 is 4.79 Å². The topological polar surface area (TPSA) is 44.4 Å². The van der Waals surface area contributed by atoms with Gasteiger partial charge in [0.1, 0.15) is 0 Å². The highest BCUT2D eigenvalue weighted by Gasteiger charge is 2.23. The highest BCUT2D eigenvalue weighted by atomic mass is 16.1. The summed E-state index contributed by atoms with van der Waals surface area (Å²) in [5, 5.41) is 4.93. The van der Waals surface area contributed by atoms with E-state index in [1.807, 2.05) is 0 Å². The number of amides is 1. The number of nitrogens with zero attached hydrogens (tertiary/aromatic N) is 1. The Balaban J connectivity index is 2.26. The van der Waals surface area contributed by atoms with Crippen LogP contribution in [0.1, 0.15) is 39.5 Å². The van der Waals surface area contributed by atoms with Crippen LogP contribution in [0.4, 0.5) is 0 Å². The van der Waals surface area contributed by atoms with Gasteiger partial charge in [-0.3, -0.25) is 10.2 Å². The standard InChI is InChI=1S/C11H23N3O/c1-9-5-4-6-10(2)14(9)13-8-7-11(15)12-3/h9-10,13H,4-8H2,1-3H3,(H,12,15). The molecule has 4 nitrogen and oxygen atoms in total. The van der Waals surface area contributed by atoms with Crippen molar-refractivity contribution in [3.05, 3.63) is 0 Å². The quantitative estimate of drug-likeness (QED) is 0.729. The highest BCUT2D eigenvalue weighted by Crippen LogP contribution is 2.19. The maximum atomic E-state index is 11.0. The van der Waals surface area contributed by atoms with Crippen LogP contribution in [0, 0.1) is 0 Å². The van der Waals surface area contributed by atoms with Gasteiger partial charge in [-0.05, 0) is 26.7 Å². The number of carbonyl (C=O) groups excluding carboxylic acids is 1. The second-order valence-corrected chi connectivity index (χ2v) is 4.37. The summed E-state index contributed by atoms with van der Waals surface area (Å²) in [5.41, 5.74) is 3.36. The van der Waals surface area contributed by atoms with E-state index in [1.54, 1.807) is 7.05 Å². The van der Waals surface area contributed by atoms with E-state index in [2.05, 4.69) is 29.6 Å². The first-order chi connectivity index (χ1) is 7.15. The minimum absolute atomic E-state index is 0.0971. The molecule has 2 N–H and O–H groups in total. The normalized spacial score (nSPS) is 27.7. The van der Waals surface area contributed by atoms with Gasteiger partial charge in [0, 0.05) is 32.1 Å². The number of hydrazine groups is 1. The van der Waals surface area contributed by atoms with Crippen LogP contribution in [0.5, 0.6) is 0 Å². The molecule has 1 saturated heterocycles. The van der Waals surface area contributed by atoms with E-state index in [0.29, 0.717) is 18.5 Å². The van der Waals surface area contributed by atoms with Gasteiger partial charge in [-0.15, -0.1) is 0 Å². The summed E-state index contributed by atoms with van der Waals surface area (Å²) in [7, 11) is 1.68. The number of rotatable bonds is 4. The van der Waals surface area contributed by atoms with Gasteiger partial charge in [0.15, 0.2) is 0 Å². The van der Waals surface area contributed by atoms with E-state index in [9.17, 15) is 4.79 Å². The summed E-state index contributed by atoms with van der Waals surface area (Å²) < 4.78 is 0. The Morgan fingerprint density at radius 1 is 1.33 bits per heavy atom. The number of carbonyl (C=O) groups is 1. The molecule has 1 aliphatic rings. The van der Waals surface area contributed by atoms with Crippen LogP contribution in [-0.4, -0.2) is 36.6 Å². The molecule has 4 heteroatoms. The highest BCUT2D eigenvalue weighted by molar-refractivity contribution is 5.75. The zero-order chi connectivity index (χ0) is 11.3. The fraction of sp³-hybridized carbons (Fsp3) is 0.909. The van der Waals surface area contributed by atoms with E-state index in [1.165, 1.54) is 19.3 Å². The van der Waals surface area contributed by atoms with Crippen LogP contribution >= 0.6 is 0 Å². The monoisotopic (exact) mass is 213 g/mol. The minimum atomic E-state index is 0.0971. The number of nitrogens with one attached hydrogen (secondary N) is 2. The summed E-state index contributed by atoms with van der Waals surface area (Å²) in [6.07, 6.45) is 4.36. The van der Waals surface area contributed by atoms with Gasteiger partial charge in [-0.2, -0.15) is 0 Å². The Morgan fingerprint density at radius 2 is 1.93 bits per heavy atom. The Labute approximate surface area is 92.4 Å². The van der Waals surface area contributed by atoms with Gasteiger partial charge in [-0.25, -0.2) is 5.01 Å². The van der Waals surface area contributed by atoms with Crippen molar-refractivity contribution in [3.8, 4) is 0 Å². The van der Waals surface area contributed by atoms with E-state index in [4.69, 9.17) is 0 Å². The third-order valence-electron chi connectivity index (χ3n) is 3.12. The van der Waals surface area contributed by atoms with Gasteiger partial charge in [-0.1, -0.05) is 6.42 Å². The summed E-state index contributed by atoms with van der Waals surface area (Å²) in [4.78, 5) is 11.0. The summed E-state index contributed by atoms with van der Waals surface area (Å²) in [5.74, 6) is 0.0971. The molecule has 0 bridgehead atoms. The first-order valence-electron chi connectivity index (χ1n) is 5.87. The van der Waals surface area contributed by atoms with Gasteiger partial charge in [0.2, 0.25) is 5.91 Å². The maximum absolute atomic E-state index is 11.0. The molecule has 0 saturated carbocycles. The average molecular weight is 213 g/mol. The van der Waals surface area contributed by atoms with Crippen molar-refractivity contribution in [1.82, 2.24) is 15.8 Å². The smallest absolute Gasteiger partial charge is 0.221 e. The second kappa shape index (κ2) is 6.08.